The van der Waals surface area contributed by atoms with Crippen LogP contribution in [0.25, 0.3) is 0 Å². The molecule has 4 nitrogen and oxygen atoms in total. The number of hydrogen-bond acceptors (Lipinski definition) is 4. The summed E-state index contributed by atoms with van der Waals surface area (Å²) >= 11 is 3.20. The molecule has 0 unspecified atom stereocenters. The first-order valence-electron chi connectivity index (χ1n) is 3.60. The smallest absolute Gasteiger partial charge is 0.294 e. The average Bonchev–Trinajstić information content (AvgIpc) is 2.09. The predicted octanol–water partition coefficient (Wildman–Crippen LogP) is 3.25. The van der Waals surface area contributed by atoms with E-state index in [1.54, 1.807) is 0 Å². The monoisotopic (exact) mass is 298 g/mol. The Morgan fingerprint density at radius 3 is 2.60 bits per heavy atom. The van der Waals surface area contributed by atoms with Crippen molar-refractivity contribution in [3.8, 4) is 0 Å². The van der Waals surface area contributed by atoms with Crippen LogP contribution < -0.4 is 5.73 Å². The Labute approximate surface area is 96.1 Å². The minimum Gasteiger partial charge on any atom is -0.392 e. The summed E-state index contributed by atoms with van der Waals surface area (Å²) in [5.74, 6) is -2.62. The molecule has 0 heterocycles. The minimum absolute atomic E-state index is 0.0707. The Morgan fingerprint density at radius 1 is 1.53 bits per heavy atom. The van der Waals surface area contributed by atoms with Crippen LogP contribution in [0.4, 0.5) is 20.2 Å². The molecular formula is C7H5BrF2N2O2S. The lowest BCUT2D eigenvalue weighted by molar-refractivity contribution is -0.384. The van der Waals surface area contributed by atoms with Gasteiger partial charge in [-0.1, -0.05) is 11.8 Å². The molecule has 0 aromatic heterocycles. The maximum absolute atomic E-state index is 12.0. The summed E-state index contributed by atoms with van der Waals surface area (Å²) in [6.45, 7) is 0. The number of thioether (sulfide) groups is 1. The zero-order valence-electron chi connectivity index (χ0n) is 7.12. The number of nitrogen functional groups attached to an aromatic ring is 1. The molecule has 1 aromatic rings. The van der Waals surface area contributed by atoms with Gasteiger partial charge in [-0.2, -0.15) is 8.78 Å². The number of benzene rings is 1. The number of nitro benzene ring substituents is 1. The molecule has 0 radical (unpaired) electrons. The summed E-state index contributed by atoms with van der Waals surface area (Å²) in [6.07, 6.45) is 0. The third kappa shape index (κ3) is 3.03. The largest absolute Gasteiger partial charge is 0.392 e. The summed E-state index contributed by atoms with van der Waals surface area (Å²) < 4.78 is 24.3. The number of hydrogen-bond donors (Lipinski definition) is 1. The molecule has 0 amide bonds. The summed E-state index contributed by atoms with van der Waals surface area (Å²) in [5.41, 5.74) is 4.95. The lowest BCUT2D eigenvalue weighted by Gasteiger charge is -2.04. The van der Waals surface area contributed by atoms with Crippen LogP contribution in [0, 0.1) is 10.1 Å². The Hall–Kier alpha value is -0.890. The van der Waals surface area contributed by atoms with Gasteiger partial charge in [0.25, 0.3) is 11.4 Å². The number of alkyl halides is 2. The molecule has 0 fully saturated rings. The molecule has 8 heteroatoms. The van der Waals surface area contributed by atoms with Gasteiger partial charge in [-0.05, 0) is 22.0 Å². The average molecular weight is 299 g/mol. The van der Waals surface area contributed by atoms with E-state index < -0.39 is 10.7 Å². The fraction of sp³-hybridized carbons (Fsp3) is 0.143. The molecular weight excluding hydrogens is 294 g/mol. The van der Waals surface area contributed by atoms with Gasteiger partial charge in [0.05, 0.1) is 4.92 Å². The first kappa shape index (κ1) is 12.2. The molecule has 0 bridgehead atoms. The van der Waals surface area contributed by atoms with Gasteiger partial charge in [-0.3, -0.25) is 10.1 Å². The van der Waals surface area contributed by atoms with Crippen LogP contribution in [0.3, 0.4) is 0 Å². The second kappa shape index (κ2) is 4.75. The normalized spacial score (nSPS) is 10.7. The minimum atomic E-state index is -2.62. The number of nitrogens with zero attached hydrogens (tertiary/aromatic N) is 1. The van der Waals surface area contributed by atoms with Crippen LogP contribution in [0.15, 0.2) is 21.5 Å². The van der Waals surface area contributed by atoms with Crippen molar-refractivity contribution in [3.05, 3.63) is 26.7 Å². The molecule has 2 N–H and O–H groups in total. The third-order valence-electron chi connectivity index (χ3n) is 1.50. The molecule has 0 atom stereocenters. The highest BCUT2D eigenvalue weighted by Gasteiger charge is 2.17. The molecule has 1 rings (SSSR count). The van der Waals surface area contributed by atoms with Gasteiger partial charge in [-0.25, -0.2) is 0 Å². The Morgan fingerprint density at radius 2 is 2.13 bits per heavy atom. The molecule has 0 saturated carbocycles. The maximum atomic E-state index is 12.0. The molecule has 15 heavy (non-hydrogen) atoms. The number of nitro groups is 1. The first-order chi connectivity index (χ1) is 6.91. The van der Waals surface area contributed by atoms with Crippen molar-refractivity contribution >= 4 is 39.1 Å². The fourth-order valence-corrected chi connectivity index (χ4v) is 2.07. The molecule has 82 valence electrons. The standard InChI is InChI=1S/C7H5BrF2N2O2S/c8-4-1-3(15-7(9)10)2-5(6(4)11)12(13)14/h1-2,7H,11H2. The van der Waals surface area contributed by atoms with Gasteiger partial charge < -0.3 is 5.73 Å². The van der Waals surface area contributed by atoms with Crippen LogP contribution in [-0.4, -0.2) is 10.7 Å². The van der Waals surface area contributed by atoms with Crippen molar-refractivity contribution in [2.45, 2.75) is 10.7 Å². The van der Waals surface area contributed by atoms with E-state index in [0.29, 0.717) is 0 Å². The van der Waals surface area contributed by atoms with E-state index in [4.69, 9.17) is 5.73 Å². The van der Waals surface area contributed by atoms with Crippen molar-refractivity contribution in [2.75, 3.05) is 5.73 Å². The third-order valence-corrected chi connectivity index (χ3v) is 2.85. The summed E-state index contributed by atoms with van der Waals surface area (Å²) in [5, 5.41) is 10.5. The zero-order valence-corrected chi connectivity index (χ0v) is 9.52. The van der Waals surface area contributed by atoms with E-state index in [0.717, 1.165) is 6.07 Å². The van der Waals surface area contributed by atoms with Crippen LogP contribution in [0.2, 0.25) is 0 Å². The van der Waals surface area contributed by atoms with E-state index >= 15 is 0 Å². The summed E-state index contributed by atoms with van der Waals surface area (Å²) in [6, 6.07) is 2.34. The second-order valence-electron chi connectivity index (χ2n) is 2.47. The topological polar surface area (TPSA) is 69.2 Å². The molecule has 0 spiro atoms. The highest BCUT2D eigenvalue weighted by Crippen LogP contribution is 2.36. The van der Waals surface area contributed by atoms with Crippen molar-refractivity contribution in [1.29, 1.82) is 0 Å². The number of rotatable bonds is 3. The van der Waals surface area contributed by atoms with E-state index in [-0.39, 0.29) is 32.5 Å². The number of nitrogens with two attached hydrogens (primary N) is 1. The van der Waals surface area contributed by atoms with Gasteiger partial charge in [0.1, 0.15) is 5.69 Å². The fourth-order valence-electron chi connectivity index (χ4n) is 0.901. The van der Waals surface area contributed by atoms with Crippen molar-refractivity contribution < 1.29 is 13.7 Å². The zero-order chi connectivity index (χ0) is 11.6. The van der Waals surface area contributed by atoms with E-state index in [1.165, 1.54) is 6.07 Å². The van der Waals surface area contributed by atoms with Crippen LogP contribution in [0.5, 0.6) is 0 Å². The van der Waals surface area contributed by atoms with Crippen molar-refractivity contribution in [2.24, 2.45) is 0 Å². The SMILES string of the molecule is Nc1c(Br)cc(SC(F)F)cc1[N+](=O)[O-]. The Bertz CT molecular complexity index is 403. The van der Waals surface area contributed by atoms with Gasteiger partial charge in [0.15, 0.2) is 0 Å². The predicted molar refractivity (Wildman–Crippen MR) is 57.1 cm³/mol. The van der Waals surface area contributed by atoms with Crippen LogP contribution >= 0.6 is 27.7 Å². The number of anilines is 1. The van der Waals surface area contributed by atoms with Gasteiger partial charge in [0, 0.05) is 15.4 Å². The Kier molecular flexibility index (Phi) is 3.86. The van der Waals surface area contributed by atoms with E-state index in [1.807, 2.05) is 0 Å². The summed E-state index contributed by atoms with van der Waals surface area (Å²) in [4.78, 5) is 9.90. The van der Waals surface area contributed by atoms with E-state index in [2.05, 4.69) is 15.9 Å². The summed E-state index contributed by atoms with van der Waals surface area (Å²) in [7, 11) is 0. The molecule has 1 aromatic carbocycles. The van der Waals surface area contributed by atoms with Crippen molar-refractivity contribution in [3.63, 3.8) is 0 Å². The van der Waals surface area contributed by atoms with Crippen LogP contribution in [0.1, 0.15) is 0 Å². The van der Waals surface area contributed by atoms with E-state index in [9.17, 15) is 18.9 Å². The molecule has 0 aliphatic carbocycles. The van der Waals surface area contributed by atoms with Gasteiger partial charge in [-0.15, -0.1) is 0 Å². The van der Waals surface area contributed by atoms with Crippen molar-refractivity contribution in [1.82, 2.24) is 0 Å². The quantitative estimate of drug-likeness (QED) is 0.402. The first-order valence-corrected chi connectivity index (χ1v) is 5.27. The molecule has 0 aliphatic rings. The molecule has 0 saturated heterocycles. The maximum Gasteiger partial charge on any atom is 0.294 e. The lowest BCUT2D eigenvalue weighted by Crippen LogP contribution is -1.97. The van der Waals surface area contributed by atoms with Gasteiger partial charge >= 0.3 is 0 Å². The highest BCUT2D eigenvalue weighted by molar-refractivity contribution is 9.10. The second-order valence-corrected chi connectivity index (χ2v) is 4.39. The van der Waals surface area contributed by atoms with Gasteiger partial charge in [0.2, 0.25) is 0 Å². The lowest BCUT2D eigenvalue weighted by atomic mass is 10.3. The highest BCUT2D eigenvalue weighted by atomic mass is 79.9. The molecule has 0 aliphatic heterocycles. The number of halogens is 3. The van der Waals surface area contributed by atoms with Crippen LogP contribution in [-0.2, 0) is 0 Å². The Balaban J connectivity index is 3.17.